The number of hydrogen-bond donors (Lipinski definition) is 0. The van der Waals surface area contributed by atoms with Crippen molar-refractivity contribution in [3.63, 3.8) is 0 Å². The molecule has 0 N–H and O–H groups in total. The average Bonchev–Trinajstić information content (AvgIpc) is 2.86. The highest BCUT2D eigenvalue weighted by molar-refractivity contribution is 5.95. The summed E-state index contributed by atoms with van der Waals surface area (Å²) >= 11 is 0. The molecule has 0 fully saturated rings. The Bertz CT molecular complexity index is 748. The van der Waals surface area contributed by atoms with Gasteiger partial charge in [-0.05, 0) is 12.1 Å². The van der Waals surface area contributed by atoms with Gasteiger partial charge in [0.25, 0.3) is 0 Å². The lowest BCUT2D eigenvalue weighted by Crippen LogP contribution is -2.37. The second-order valence-corrected chi connectivity index (χ2v) is 4.54. The van der Waals surface area contributed by atoms with E-state index in [-0.39, 0.29) is 20.8 Å². The van der Waals surface area contributed by atoms with E-state index in [2.05, 4.69) is 0 Å². The van der Waals surface area contributed by atoms with Gasteiger partial charge in [-0.3, -0.25) is 4.57 Å². The summed E-state index contributed by atoms with van der Waals surface area (Å²) in [6.07, 6.45) is 3.94. The second-order valence-electron chi connectivity index (χ2n) is 4.54. The maximum absolute atomic E-state index is 11.9. The third-order valence-corrected chi connectivity index (χ3v) is 3.29. The van der Waals surface area contributed by atoms with Crippen LogP contribution in [0.2, 0.25) is 0 Å². The highest BCUT2D eigenvalue weighted by atomic mass is 16.5. The summed E-state index contributed by atoms with van der Waals surface area (Å²) in [5.41, 5.74) is 1.58. The third kappa shape index (κ3) is 3.17. The number of carbonyl (C=O) groups is 1. The van der Waals surface area contributed by atoms with Crippen molar-refractivity contribution >= 4 is 16.9 Å². The number of rotatable bonds is 3. The zero-order chi connectivity index (χ0) is 13.9. The summed E-state index contributed by atoms with van der Waals surface area (Å²) in [5.74, 6) is -0.322. The first kappa shape index (κ1) is 17.4. The van der Waals surface area contributed by atoms with Crippen molar-refractivity contribution in [3.8, 4) is 0 Å². The van der Waals surface area contributed by atoms with E-state index in [1.54, 1.807) is 0 Å². The molecular weight excluding hydrogens is 276 g/mol. The van der Waals surface area contributed by atoms with Crippen LogP contribution in [0.3, 0.4) is 0 Å². The van der Waals surface area contributed by atoms with Crippen molar-refractivity contribution in [2.24, 2.45) is 0 Å². The molecule has 0 bridgehead atoms. The van der Waals surface area contributed by atoms with E-state index in [1.807, 2.05) is 70.1 Å². The number of para-hydroxylation sites is 1. The Labute approximate surface area is 131 Å². The SMILES string of the molecule is C.C.COC(=O)c1cc2ccccc2n1C[n+]1ccccc1. The summed E-state index contributed by atoms with van der Waals surface area (Å²) in [5, 5.41) is 1.03. The Kier molecular flexibility index (Phi) is 5.87. The van der Waals surface area contributed by atoms with Crippen LogP contribution in [-0.2, 0) is 11.4 Å². The van der Waals surface area contributed by atoms with Crippen LogP contribution in [0, 0.1) is 0 Å². The van der Waals surface area contributed by atoms with Gasteiger partial charge in [0, 0.05) is 17.5 Å². The molecule has 0 unspecified atom stereocenters. The summed E-state index contributed by atoms with van der Waals surface area (Å²) in [6, 6.07) is 15.7. The van der Waals surface area contributed by atoms with Crippen LogP contribution in [0.25, 0.3) is 10.9 Å². The fourth-order valence-electron chi connectivity index (χ4n) is 2.33. The third-order valence-electron chi connectivity index (χ3n) is 3.29. The average molecular weight is 299 g/mol. The number of nitrogens with zero attached hydrogens (tertiary/aromatic N) is 2. The van der Waals surface area contributed by atoms with Gasteiger partial charge in [-0.25, -0.2) is 4.79 Å². The van der Waals surface area contributed by atoms with E-state index in [0.29, 0.717) is 12.4 Å². The van der Waals surface area contributed by atoms with Gasteiger partial charge < -0.3 is 4.74 Å². The normalized spacial score (nSPS) is 9.68. The van der Waals surface area contributed by atoms with E-state index in [9.17, 15) is 4.79 Å². The van der Waals surface area contributed by atoms with Crippen molar-refractivity contribution in [2.75, 3.05) is 7.11 Å². The van der Waals surface area contributed by atoms with Crippen LogP contribution < -0.4 is 4.57 Å². The first-order valence-corrected chi connectivity index (χ1v) is 6.40. The largest absolute Gasteiger partial charge is 0.464 e. The van der Waals surface area contributed by atoms with Gasteiger partial charge in [-0.2, -0.15) is 4.57 Å². The zero-order valence-corrected chi connectivity index (χ0v) is 11.2. The number of fused-ring (bicyclic) bond motifs is 1. The predicted octanol–water partition coefficient (Wildman–Crippen LogP) is 3.49. The van der Waals surface area contributed by atoms with Gasteiger partial charge in [0.2, 0.25) is 6.67 Å². The standard InChI is InChI=1S/C16H15N2O2.2CH4/c1-20-16(19)15-11-13-7-3-4-8-14(13)18(15)12-17-9-5-2-6-10-17;;/h2-11H,12H2,1H3;2*1H4/q+1;;. The number of pyridine rings is 1. The predicted molar refractivity (Wildman–Crippen MR) is 88.8 cm³/mol. The molecule has 4 nitrogen and oxygen atoms in total. The molecule has 22 heavy (non-hydrogen) atoms. The zero-order valence-electron chi connectivity index (χ0n) is 11.2. The summed E-state index contributed by atoms with van der Waals surface area (Å²) in [6.45, 7) is 0.568. The van der Waals surface area contributed by atoms with Crippen molar-refractivity contribution < 1.29 is 14.1 Å². The summed E-state index contributed by atoms with van der Waals surface area (Å²) in [4.78, 5) is 11.9. The van der Waals surface area contributed by atoms with Gasteiger partial charge in [-0.15, -0.1) is 0 Å². The van der Waals surface area contributed by atoms with Crippen LogP contribution in [0.1, 0.15) is 25.3 Å². The Morgan fingerprint density at radius 1 is 1.09 bits per heavy atom. The molecule has 0 radical (unpaired) electrons. The first-order valence-electron chi connectivity index (χ1n) is 6.40. The lowest BCUT2D eigenvalue weighted by atomic mass is 10.2. The maximum atomic E-state index is 11.9. The quantitative estimate of drug-likeness (QED) is 0.548. The maximum Gasteiger partial charge on any atom is 0.354 e. The Balaban J connectivity index is 0.00000121. The molecule has 0 saturated carbocycles. The first-order chi connectivity index (χ1) is 9.79. The highest BCUT2D eigenvalue weighted by Crippen LogP contribution is 2.19. The molecule has 0 amide bonds. The molecule has 3 rings (SSSR count). The number of aromatic nitrogens is 2. The van der Waals surface area contributed by atoms with Crippen LogP contribution in [-0.4, -0.2) is 17.6 Å². The summed E-state index contributed by atoms with van der Waals surface area (Å²) < 4.78 is 8.85. The van der Waals surface area contributed by atoms with Crippen LogP contribution >= 0.6 is 0 Å². The van der Waals surface area contributed by atoms with Gasteiger partial charge in [0.1, 0.15) is 5.69 Å². The second kappa shape index (κ2) is 7.41. The van der Waals surface area contributed by atoms with Gasteiger partial charge >= 0.3 is 5.97 Å². The van der Waals surface area contributed by atoms with Crippen molar-refractivity contribution in [3.05, 3.63) is 66.6 Å². The molecule has 0 aliphatic carbocycles. The van der Waals surface area contributed by atoms with Gasteiger partial charge in [0.15, 0.2) is 12.4 Å². The molecule has 116 valence electrons. The molecule has 0 aliphatic rings. The smallest absolute Gasteiger partial charge is 0.354 e. The minimum absolute atomic E-state index is 0. The number of benzene rings is 1. The van der Waals surface area contributed by atoms with E-state index < -0.39 is 0 Å². The Hall–Kier alpha value is -2.62. The van der Waals surface area contributed by atoms with E-state index >= 15 is 0 Å². The minimum atomic E-state index is -0.322. The molecule has 0 atom stereocenters. The fourth-order valence-corrected chi connectivity index (χ4v) is 2.33. The number of methoxy groups -OCH3 is 1. The lowest BCUT2D eigenvalue weighted by molar-refractivity contribution is -0.701. The van der Waals surface area contributed by atoms with Gasteiger partial charge in [0.05, 0.1) is 12.6 Å². The van der Waals surface area contributed by atoms with Crippen molar-refractivity contribution in [1.29, 1.82) is 0 Å². The molecular formula is C18H23N2O2+. The Morgan fingerprint density at radius 2 is 1.77 bits per heavy atom. The highest BCUT2D eigenvalue weighted by Gasteiger charge is 2.17. The number of carbonyl (C=O) groups excluding carboxylic acids is 1. The number of ether oxygens (including phenoxy) is 1. The molecule has 0 spiro atoms. The molecule has 4 heteroatoms. The monoisotopic (exact) mass is 299 g/mol. The molecule has 2 heterocycles. The van der Waals surface area contributed by atoms with Crippen LogP contribution in [0.4, 0.5) is 0 Å². The molecule has 0 aliphatic heterocycles. The summed E-state index contributed by atoms with van der Waals surface area (Å²) in [7, 11) is 1.40. The van der Waals surface area contributed by atoms with Gasteiger partial charge in [-0.1, -0.05) is 39.1 Å². The molecule has 2 aromatic heterocycles. The fraction of sp³-hybridized carbons (Fsp3) is 0.222. The number of hydrogen-bond acceptors (Lipinski definition) is 2. The molecule has 3 aromatic rings. The van der Waals surface area contributed by atoms with Crippen LogP contribution in [0.5, 0.6) is 0 Å². The minimum Gasteiger partial charge on any atom is -0.464 e. The Morgan fingerprint density at radius 3 is 2.45 bits per heavy atom. The van der Waals surface area contributed by atoms with E-state index in [1.165, 1.54) is 7.11 Å². The number of esters is 1. The van der Waals surface area contributed by atoms with Crippen molar-refractivity contribution in [1.82, 2.24) is 4.57 Å². The van der Waals surface area contributed by atoms with Crippen LogP contribution in [0.15, 0.2) is 60.9 Å². The topological polar surface area (TPSA) is 35.1 Å². The lowest BCUT2D eigenvalue weighted by Gasteiger charge is -2.06. The van der Waals surface area contributed by atoms with Crippen molar-refractivity contribution in [2.45, 2.75) is 21.5 Å². The van der Waals surface area contributed by atoms with E-state index in [4.69, 9.17) is 4.74 Å². The molecule has 1 aromatic carbocycles. The molecule has 0 saturated heterocycles. The van der Waals surface area contributed by atoms with E-state index in [0.717, 1.165) is 10.9 Å².